The van der Waals surface area contributed by atoms with Gasteiger partial charge < -0.3 is 16.0 Å². The van der Waals surface area contributed by atoms with E-state index < -0.39 is 19.9 Å². The highest BCUT2D eigenvalue weighted by Gasteiger charge is 2.38. The molecule has 4 N–H and O–H groups in total. The number of nitrogens with one attached hydrogen (secondary N) is 4. The molecule has 2 aliphatic heterocycles. The second kappa shape index (κ2) is 9.41. The van der Waals surface area contributed by atoms with Crippen LogP contribution in [0.3, 0.4) is 0 Å². The lowest BCUT2D eigenvalue weighted by molar-refractivity contribution is -0.123. The number of fused-ring (bicyclic) bond motifs is 1. The molecule has 0 bridgehead atoms. The van der Waals surface area contributed by atoms with E-state index in [0.717, 1.165) is 37.8 Å². The largest absolute Gasteiger partial charge is 0.351 e. The van der Waals surface area contributed by atoms with E-state index in [4.69, 9.17) is 0 Å². The molecule has 9 nitrogen and oxygen atoms in total. The second-order valence-corrected chi connectivity index (χ2v) is 12.2. The van der Waals surface area contributed by atoms with Crippen LogP contribution in [-0.2, 0) is 31.2 Å². The number of amides is 1. The molecule has 3 atom stereocenters. The van der Waals surface area contributed by atoms with Crippen molar-refractivity contribution >= 4 is 31.5 Å². The van der Waals surface area contributed by atoms with Crippen LogP contribution >= 0.6 is 0 Å². The van der Waals surface area contributed by atoms with Crippen molar-refractivity contribution < 1.29 is 21.6 Å². The fourth-order valence-electron chi connectivity index (χ4n) is 4.41. The third kappa shape index (κ3) is 5.55. The van der Waals surface area contributed by atoms with E-state index >= 15 is 0 Å². The van der Waals surface area contributed by atoms with E-state index in [1.165, 1.54) is 30.3 Å². The topological polar surface area (TPSA) is 133 Å². The molecular formula is C22H28N4O5S2. The summed E-state index contributed by atoms with van der Waals surface area (Å²) in [5, 5.41) is 9.71. The number of anilines is 1. The molecule has 2 aliphatic rings. The van der Waals surface area contributed by atoms with Gasteiger partial charge in [0, 0.05) is 12.6 Å². The van der Waals surface area contributed by atoms with Crippen LogP contribution in [0.2, 0.25) is 0 Å². The van der Waals surface area contributed by atoms with Crippen LogP contribution < -0.4 is 20.7 Å². The Hall–Kier alpha value is -2.47. The molecule has 11 heteroatoms. The molecule has 0 radical (unpaired) electrons. The van der Waals surface area contributed by atoms with Crippen molar-refractivity contribution in [2.45, 2.75) is 41.3 Å². The van der Waals surface area contributed by atoms with Gasteiger partial charge in [-0.2, -0.15) is 0 Å². The molecule has 0 aromatic heterocycles. The average Bonchev–Trinajstić information content (AvgIpc) is 3.21. The molecule has 3 unspecified atom stereocenters. The van der Waals surface area contributed by atoms with E-state index in [1.807, 2.05) is 0 Å². The lowest BCUT2D eigenvalue weighted by atomic mass is 9.94. The van der Waals surface area contributed by atoms with E-state index in [2.05, 4.69) is 20.7 Å². The van der Waals surface area contributed by atoms with Crippen LogP contribution in [0.15, 0.2) is 58.3 Å². The first-order valence-electron chi connectivity index (χ1n) is 10.8. The number of carbonyl (C=O) groups is 1. The van der Waals surface area contributed by atoms with Crippen LogP contribution in [0, 0.1) is 5.92 Å². The minimum absolute atomic E-state index is 0.00355. The first kappa shape index (κ1) is 23.7. The normalized spacial score (nSPS) is 23.0. The molecule has 2 aromatic rings. The van der Waals surface area contributed by atoms with Gasteiger partial charge in [-0.3, -0.25) is 9.52 Å². The number of sulfonamides is 1. The van der Waals surface area contributed by atoms with Crippen LogP contribution in [0.1, 0.15) is 18.4 Å². The molecule has 178 valence electrons. The maximum atomic E-state index is 13.1. The fourth-order valence-corrected chi connectivity index (χ4v) is 6.47. The van der Waals surface area contributed by atoms with Crippen LogP contribution in [0.4, 0.5) is 5.69 Å². The van der Waals surface area contributed by atoms with E-state index in [9.17, 15) is 21.6 Å². The van der Waals surface area contributed by atoms with Gasteiger partial charge in [0.1, 0.15) is 0 Å². The lowest BCUT2D eigenvalue weighted by Crippen LogP contribution is -2.45. The molecular weight excluding hydrogens is 464 g/mol. The summed E-state index contributed by atoms with van der Waals surface area (Å²) < 4.78 is 51.7. The summed E-state index contributed by atoms with van der Waals surface area (Å²) in [6, 6.07) is 12.2. The summed E-state index contributed by atoms with van der Waals surface area (Å²) in [6.07, 6.45) is 2.79. The Morgan fingerprint density at radius 1 is 1.06 bits per heavy atom. The Balaban J connectivity index is 1.42. The van der Waals surface area contributed by atoms with Gasteiger partial charge in [-0.25, -0.2) is 16.8 Å². The standard InChI is InChI=1S/C22H28N4O5S2/c1-32(28,29)26-19-4-2-3-5-21(19)33(30,31)17-8-6-15(7-9-17)13-24-22(27)20-12-16-14-23-11-10-18(16)25-20/h2-9,16,18,20,23,25-26H,10-14H2,1H3,(H,24,27). The molecule has 4 rings (SSSR count). The van der Waals surface area contributed by atoms with E-state index in [1.54, 1.807) is 18.2 Å². The van der Waals surface area contributed by atoms with Crippen molar-refractivity contribution in [3.63, 3.8) is 0 Å². The second-order valence-electron chi connectivity index (χ2n) is 8.55. The van der Waals surface area contributed by atoms with Gasteiger partial charge in [-0.05, 0) is 61.7 Å². The highest BCUT2D eigenvalue weighted by atomic mass is 32.2. The van der Waals surface area contributed by atoms with Crippen molar-refractivity contribution in [1.82, 2.24) is 16.0 Å². The third-order valence-electron chi connectivity index (χ3n) is 6.05. The minimum Gasteiger partial charge on any atom is -0.351 e. The molecule has 33 heavy (non-hydrogen) atoms. The predicted octanol–water partition coefficient (Wildman–Crippen LogP) is 0.847. The Kier molecular flexibility index (Phi) is 6.76. The zero-order valence-electron chi connectivity index (χ0n) is 18.2. The molecule has 0 saturated carbocycles. The average molecular weight is 493 g/mol. The Morgan fingerprint density at radius 2 is 1.79 bits per heavy atom. The van der Waals surface area contributed by atoms with Crippen LogP contribution in [0.5, 0.6) is 0 Å². The van der Waals surface area contributed by atoms with Gasteiger partial charge in [0.15, 0.2) is 0 Å². The predicted molar refractivity (Wildman–Crippen MR) is 125 cm³/mol. The summed E-state index contributed by atoms with van der Waals surface area (Å²) in [7, 11) is -7.59. The van der Waals surface area contributed by atoms with Gasteiger partial charge in [-0.1, -0.05) is 24.3 Å². The lowest BCUT2D eigenvalue weighted by Gasteiger charge is -2.25. The van der Waals surface area contributed by atoms with Crippen molar-refractivity contribution in [3.05, 3.63) is 54.1 Å². The molecule has 2 heterocycles. The monoisotopic (exact) mass is 492 g/mol. The Morgan fingerprint density at radius 3 is 2.48 bits per heavy atom. The van der Waals surface area contributed by atoms with Gasteiger partial charge in [0.05, 0.1) is 27.8 Å². The van der Waals surface area contributed by atoms with Crippen molar-refractivity contribution in [2.24, 2.45) is 5.92 Å². The van der Waals surface area contributed by atoms with Crippen LogP contribution in [-0.4, -0.2) is 54.2 Å². The number of rotatable bonds is 7. The molecule has 1 amide bonds. The summed E-state index contributed by atoms with van der Waals surface area (Å²) in [5.74, 6) is 0.418. The number of para-hydroxylation sites is 1. The summed E-state index contributed by atoms with van der Waals surface area (Å²) in [5.41, 5.74) is 0.762. The maximum absolute atomic E-state index is 13.1. The molecule has 0 spiro atoms. The third-order valence-corrected chi connectivity index (χ3v) is 8.47. The maximum Gasteiger partial charge on any atom is 0.237 e. The van der Waals surface area contributed by atoms with Gasteiger partial charge in [0.25, 0.3) is 0 Å². The van der Waals surface area contributed by atoms with Crippen molar-refractivity contribution in [2.75, 3.05) is 24.1 Å². The van der Waals surface area contributed by atoms with E-state index in [-0.39, 0.29) is 34.0 Å². The SMILES string of the molecule is CS(=O)(=O)Nc1ccccc1S(=O)(=O)c1ccc(CNC(=O)C2CC3CNCCC3N2)cc1. The quantitative estimate of drug-likeness (QED) is 0.450. The molecule has 2 fully saturated rings. The number of hydrogen-bond acceptors (Lipinski definition) is 7. The number of benzene rings is 2. The summed E-state index contributed by atoms with van der Waals surface area (Å²) in [6.45, 7) is 2.18. The van der Waals surface area contributed by atoms with Gasteiger partial charge in [0.2, 0.25) is 25.8 Å². The first-order valence-corrected chi connectivity index (χ1v) is 14.2. The Labute approximate surface area is 194 Å². The molecule has 0 aliphatic carbocycles. The number of hydrogen-bond donors (Lipinski definition) is 4. The zero-order valence-corrected chi connectivity index (χ0v) is 19.9. The molecule has 2 saturated heterocycles. The fraction of sp³-hybridized carbons (Fsp3) is 0.409. The number of sulfone groups is 1. The summed E-state index contributed by atoms with van der Waals surface area (Å²) in [4.78, 5) is 12.5. The zero-order chi connectivity index (χ0) is 23.6. The highest BCUT2D eigenvalue weighted by Crippen LogP contribution is 2.28. The van der Waals surface area contributed by atoms with Crippen molar-refractivity contribution in [3.8, 4) is 0 Å². The molecule has 2 aromatic carbocycles. The smallest absolute Gasteiger partial charge is 0.237 e. The minimum atomic E-state index is -3.95. The highest BCUT2D eigenvalue weighted by molar-refractivity contribution is 7.93. The van der Waals surface area contributed by atoms with Gasteiger partial charge in [-0.15, -0.1) is 0 Å². The number of piperidine rings is 1. The van der Waals surface area contributed by atoms with Crippen molar-refractivity contribution in [1.29, 1.82) is 0 Å². The number of carbonyl (C=O) groups excluding carboxylic acids is 1. The first-order chi connectivity index (χ1) is 15.6. The van der Waals surface area contributed by atoms with Crippen LogP contribution in [0.25, 0.3) is 0 Å². The van der Waals surface area contributed by atoms with E-state index in [0.29, 0.717) is 12.0 Å². The summed E-state index contributed by atoms with van der Waals surface area (Å²) >= 11 is 0. The Bertz CT molecular complexity index is 1220. The van der Waals surface area contributed by atoms with Gasteiger partial charge >= 0.3 is 0 Å².